The minimum atomic E-state index is -2.84. The van der Waals surface area contributed by atoms with Gasteiger partial charge in [-0.15, -0.1) is 0 Å². The summed E-state index contributed by atoms with van der Waals surface area (Å²) < 4.78 is 29.9. The number of ether oxygens (including phenoxy) is 1. The van der Waals surface area contributed by atoms with Gasteiger partial charge in [0.1, 0.15) is 11.6 Å². The number of pyridine rings is 1. The van der Waals surface area contributed by atoms with Gasteiger partial charge in [0, 0.05) is 41.4 Å². The second-order valence-electron chi connectivity index (χ2n) is 8.80. The summed E-state index contributed by atoms with van der Waals surface area (Å²) in [6.07, 6.45) is 4.32. The number of nitrogens with zero attached hydrogens (tertiary/aromatic N) is 4. The van der Waals surface area contributed by atoms with Gasteiger partial charge in [-0.2, -0.15) is 4.98 Å². The molecule has 9 nitrogen and oxygen atoms in total. The molecule has 0 bridgehead atoms. The van der Waals surface area contributed by atoms with Crippen molar-refractivity contribution in [1.29, 1.82) is 0 Å². The van der Waals surface area contributed by atoms with Crippen LogP contribution in [0.3, 0.4) is 0 Å². The Hall–Kier alpha value is -3.28. The average molecular weight is 584 g/mol. The zero-order valence-corrected chi connectivity index (χ0v) is 22.5. The molecule has 0 atom stereocenters. The first-order valence-electron chi connectivity index (χ1n) is 12.0. The smallest absolute Gasteiger partial charge is 0.229 e. The van der Waals surface area contributed by atoms with Gasteiger partial charge < -0.3 is 20.3 Å². The average Bonchev–Trinajstić information content (AvgIpc) is 2.88. The van der Waals surface area contributed by atoms with Crippen LogP contribution in [-0.4, -0.2) is 66.0 Å². The molecular weight excluding hydrogens is 556 g/mol. The molecule has 3 heterocycles. The van der Waals surface area contributed by atoms with Crippen molar-refractivity contribution in [2.24, 2.45) is 0 Å². The summed E-state index contributed by atoms with van der Waals surface area (Å²) in [5.74, 6) is 2.41. The fraction of sp³-hybridized carbons (Fsp3) is 0.269. The number of benzene rings is 2. The summed E-state index contributed by atoms with van der Waals surface area (Å²) in [4.78, 5) is 15.5. The fourth-order valence-corrected chi connectivity index (χ4v) is 5.68. The molecule has 11 heteroatoms. The van der Waals surface area contributed by atoms with Crippen molar-refractivity contribution in [3.05, 3.63) is 71.5 Å². The number of nitrogens with one attached hydrogen (secondary N) is 2. The summed E-state index contributed by atoms with van der Waals surface area (Å²) in [6, 6.07) is 17.4. The Kier molecular flexibility index (Phi) is 7.82. The highest BCUT2D eigenvalue weighted by Gasteiger charge is 2.20. The summed E-state index contributed by atoms with van der Waals surface area (Å²) in [5, 5.41) is 7.53. The van der Waals surface area contributed by atoms with E-state index < -0.39 is 9.84 Å². The molecule has 2 aromatic carbocycles. The van der Waals surface area contributed by atoms with E-state index >= 15 is 0 Å². The lowest BCUT2D eigenvalue weighted by Crippen LogP contribution is -2.40. The second kappa shape index (κ2) is 11.4. The predicted molar refractivity (Wildman–Crippen MR) is 150 cm³/mol. The molecule has 0 saturated carbocycles. The monoisotopic (exact) mass is 582 g/mol. The molecule has 0 amide bonds. The molecule has 1 aliphatic rings. The van der Waals surface area contributed by atoms with Crippen molar-refractivity contribution in [3.63, 3.8) is 0 Å². The van der Waals surface area contributed by atoms with Crippen LogP contribution >= 0.6 is 15.9 Å². The van der Waals surface area contributed by atoms with E-state index in [9.17, 15) is 8.42 Å². The molecule has 0 aliphatic carbocycles. The Bertz CT molecular complexity index is 1470. The Morgan fingerprint density at radius 3 is 2.57 bits per heavy atom. The van der Waals surface area contributed by atoms with Gasteiger partial charge in [-0.1, -0.05) is 15.9 Å². The number of fused-ring (bicyclic) bond motifs is 1. The van der Waals surface area contributed by atoms with Crippen LogP contribution in [-0.2, 0) is 9.84 Å². The van der Waals surface area contributed by atoms with Gasteiger partial charge in [0.05, 0.1) is 35.5 Å². The molecule has 2 aromatic heterocycles. The molecule has 5 rings (SSSR count). The van der Waals surface area contributed by atoms with Crippen molar-refractivity contribution in [3.8, 4) is 5.75 Å². The van der Waals surface area contributed by atoms with Gasteiger partial charge in [-0.25, -0.2) is 13.4 Å². The van der Waals surface area contributed by atoms with Gasteiger partial charge in [-0.3, -0.25) is 4.98 Å². The molecule has 4 aromatic rings. The lowest BCUT2D eigenvalue weighted by Gasteiger charge is -2.26. The maximum absolute atomic E-state index is 11.5. The van der Waals surface area contributed by atoms with E-state index in [2.05, 4.69) is 46.4 Å². The van der Waals surface area contributed by atoms with Crippen LogP contribution in [0.1, 0.15) is 6.42 Å². The van der Waals surface area contributed by atoms with Gasteiger partial charge in [-0.05, 0) is 61.0 Å². The number of hydrogen-bond acceptors (Lipinski definition) is 9. The normalized spacial score (nSPS) is 15.4. The summed E-state index contributed by atoms with van der Waals surface area (Å²) in [7, 11) is -2.84. The van der Waals surface area contributed by atoms with Crippen molar-refractivity contribution >= 4 is 59.8 Å². The topological polar surface area (TPSA) is 109 Å². The lowest BCUT2D eigenvalue weighted by molar-refractivity contribution is 0.246. The molecule has 2 N–H and O–H groups in total. The van der Waals surface area contributed by atoms with E-state index in [-0.39, 0.29) is 11.5 Å². The van der Waals surface area contributed by atoms with Crippen molar-refractivity contribution in [2.75, 3.05) is 48.4 Å². The first kappa shape index (κ1) is 25.4. The molecule has 1 fully saturated rings. The predicted octanol–water partition coefficient (Wildman–Crippen LogP) is 4.77. The van der Waals surface area contributed by atoms with E-state index in [0.29, 0.717) is 31.5 Å². The number of hydrogen-bond donors (Lipinski definition) is 2. The molecular formula is C26H27BrN6O3S. The third kappa shape index (κ3) is 7.15. The van der Waals surface area contributed by atoms with Gasteiger partial charge in [0.2, 0.25) is 5.95 Å². The quantitative estimate of drug-likeness (QED) is 0.269. The maximum atomic E-state index is 11.5. The molecule has 1 aliphatic heterocycles. The maximum Gasteiger partial charge on any atom is 0.229 e. The highest BCUT2D eigenvalue weighted by molar-refractivity contribution is 9.10. The lowest BCUT2D eigenvalue weighted by atomic mass is 10.2. The molecule has 0 spiro atoms. The molecule has 0 unspecified atom stereocenters. The zero-order chi connectivity index (χ0) is 25.7. The Balaban J connectivity index is 1.11. The fourth-order valence-electron chi connectivity index (χ4n) is 4.02. The number of aromatic nitrogens is 3. The van der Waals surface area contributed by atoms with Gasteiger partial charge in [0.15, 0.2) is 9.84 Å². The SMILES string of the molecule is O=S1(=O)CCN(CCCOc2ccc(Nc3nccc(Nc4cnc5ccc(Br)cc5c4)n3)cc2)CC1. The summed E-state index contributed by atoms with van der Waals surface area (Å²) in [5.41, 5.74) is 2.60. The highest BCUT2D eigenvalue weighted by atomic mass is 79.9. The molecule has 1 saturated heterocycles. The third-order valence-electron chi connectivity index (χ3n) is 6.01. The van der Waals surface area contributed by atoms with E-state index in [1.54, 1.807) is 18.5 Å². The number of anilines is 4. The number of rotatable bonds is 9. The Labute approximate surface area is 224 Å². The standard InChI is InChI=1S/C26H27BrN6O3S/c27-20-2-7-24-19(16-20)17-22(18-29-24)30-25-8-9-28-26(32-25)31-21-3-5-23(6-4-21)36-13-1-10-33-11-14-37(34,35)15-12-33/h2-9,16-18H,1,10-15H2,(H2,28,30,31,32). The van der Waals surface area contributed by atoms with Crippen LogP contribution in [0, 0.1) is 0 Å². The second-order valence-corrected chi connectivity index (χ2v) is 12.0. The van der Waals surface area contributed by atoms with E-state index in [4.69, 9.17) is 4.74 Å². The van der Waals surface area contributed by atoms with Crippen LogP contribution in [0.4, 0.5) is 23.1 Å². The van der Waals surface area contributed by atoms with Crippen LogP contribution < -0.4 is 15.4 Å². The van der Waals surface area contributed by atoms with E-state index in [1.165, 1.54) is 0 Å². The third-order valence-corrected chi connectivity index (χ3v) is 8.11. The highest BCUT2D eigenvalue weighted by Crippen LogP contribution is 2.24. The number of halogens is 1. The van der Waals surface area contributed by atoms with E-state index in [0.717, 1.165) is 45.5 Å². The first-order chi connectivity index (χ1) is 17.9. The van der Waals surface area contributed by atoms with Crippen LogP contribution in [0.5, 0.6) is 5.75 Å². The summed E-state index contributed by atoms with van der Waals surface area (Å²) in [6.45, 7) is 2.63. The van der Waals surface area contributed by atoms with Crippen LogP contribution in [0.25, 0.3) is 10.9 Å². The first-order valence-corrected chi connectivity index (χ1v) is 14.6. The zero-order valence-electron chi connectivity index (χ0n) is 20.1. The van der Waals surface area contributed by atoms with Crippen LogP contribution in [0.2, 0.25) is 0 Å². The van der Waals surface area contributed by atoms with Gasteiger partial charge >= 0.3 is 0 Å². The molecule has 0 radical (unpaired) electrons. The number of sulfone groups is 1. The van der Waals surface area contributed by atoms with Gasteiger partial charge in [0.25, 0.3) is 0 Å². The molecule has 192 valence electrons. The van der Waals surface area contributed by atoms with Crippen LogP contribution in [0.15, 0.2) is 71.5 Å². The molecule has 37 heavy (non-hydrogen) atoms. The summed E-state index contributed by atoms with van der Waals surface area (Å²) >= 11 is 3.50. The van der Waals surface area contributed by atoms with Crippen molar-refractivity contribution in [1.82, 2.24) is 19.9 Å². The Morgan fingerprint density at radius 2 is 1.76 bits per heavy atom. The van der Waals surface area contributed by atoms with Crippen molar-refractivity contribution < 1.29 is 13.2 Å². The minimum absolute atomic E-state index is 0.254. The largest absolute Gasteiger partial charge is 0.494 e. The van der Waals surface area contributed by atoms with E-state index in [1.807, 2.05) is 48.5 Å². The minimum Gasteiger partial charge on any atom is -0.494 e. The van der Waals surface area contributed by atoms with Crippen molar-refractivity contribution in [2.45, 2.75) is 6.42 Å². The Morgan fingerprint density at radius 1 is 0.946 bits per heavy atom.